The summed E-state index contributed by atoms with van der Waals surface area (Å²) in [5.74, 6) is -0.192. The number of amides is 1. The molecule has 0 unspecified atom stereocenters. The third kappa shape index (κ3) is 2.56. The first-order valence-corrected chi connectivity index (χ1v) is 5.05. The Labute approximate surface area is 93.8 Å². The molecular weight excluding hydrogens is 208 g/mol. The van der Waals surface area contributed by atoms with E-state index in [1.165, 1.54) is 18.2 Å². The van der Waals surface area contributed by atoms with Crippen LogP contribution >= 0.6 is 0 Å². The minimum atomic E-state index is -0.557. The van der Waals surface area contributed by atoms with Gasteiger partial charge in [0.2, 0.25) is 0 Å². The first-order chi connectivity index (χ1) is 7.60. The van der Waals surface area contributed by atoms with E-state index in [9.17, 15) is 14.9 Å². The maximum Gasteiger partial charge on any atom is 0.278 e. The molecule has 1 amide bonds. The first-order valence-electron chi connectivity index (χ1n) is 5.05. The Morgan fingerprint density at radius 1 is 1.50 bits per heavy atom. The fourth-order valence-corrected chi connectivity index (χ4v) is 1.39. The van der Waals surface area contributed by atoms with Crippen LogP contribution in [0.15, 0.2) is 18.2 Å². The summed E-state index contributed by atoms with van der Waals surface area (Å²) in [6.45, 7) is 4.90. The van der Waals surface area contributed by atoms with Gasteiger partial charge >= 0.3 is 0 Å². The molecule has 0 heterocycles. The summed E-state index contributed by atoms with van der Waals surface area (Å²) in [5.41, 5.74) is 0.146. The third-order valence-electron chi connectivity index (χ3n) is 2.28. The lowest BCUT2D eigenvalue weighted by Crippen LogP contribution is -2.30. The Hall–Kier alpha value is -1.91. The molecule has 5 heteroatoms. The predicted molar refractivity (Wildman–Crippen MR) is 59.2 cm³/mol. The van der Waals surface area contributed by atoms with E-state index in [0.29, 0.717) is 18.7 Å². The van der Waals surface area contributed by atoms with E-state index < -0.39 is 4.92 Å². The summed E-state index contributed by atoms with van der Waals surface area (Å²) in [4.78, 5) is 23.5. The van der Waals surface area contributed by atoms with E-state index in [-0.39, 0.29) is 11.6 Å². The van der Waals surface area contributed by atoms with Gasteiger partial charge in [-0.3, -0.25) is 14.9 Å². The van der Waals surface area contributed by atoms with Crippen LogP contribution in [-0.2, 0) is 0 Å². The standard InChI is InChI=1S/C11H13N2O3/c1-3-12(4-2)11(14)9-6-5-7-10(8-9)13(15)16/h5-6,8H,3-4H2,1-2H3. The summed E-state index contributed by atoms with van der Waals surface area (Å²) in [7, 11) is 0. The highest BCUT2D eigenvalue weighted by Crippen LogP contribution is 2.13. The third-order valence-corrected chi connectivity index (χ3v) is 2.28. The molecule has 5 nitrogen and oxygen atoms in total. The van der Waals surface area contributed by atoms with Crippen molar-refractivity contribution in [2.24, 2.45) is 0 Å². The van der Waals surface area contributed by atoms with E-state index in [1.807, 2.05) is 13.8 Å². The van der Waals surface area contributed by atoms with Crippen LogP contribution < -0.4 is 0 Å². The molecule has 0 bridgehead atoms. The molecule has 0 fully saturated rings. The summed E-state index contributed by atoms with van der Waals surface area (Å²) in [6, 6.07) is 6.65. The molecule has 0 spiro atoms. The maximum atomic E-state index is 11.9. The van der Waals surface area contributed by atoms with Crippen molar-refractivity contribution in [3.63, 3.8) is 0 Å². The number of carbonyl (C=O) groups excluding carboxylic acids is 1. The number of non-ortho nitro benzene ring substituents is 1. The average Bonchev–Trinajstić information content (AvgIpc) is 2.30. The molecule has 0 saturated heterocycles. The highest BCUT2D eigenvalue weighted by atomic mass is 16.6. The van der Waals surface area contributed by atoms with E-state index in [0.717, 1.165) is 0 Å². The SMILES string of the molecule is CCN(CC)C(=O)c1cc[c]c([N+](=O)[O-])c1. The molecule has 0 aliphatic carbocycles. The van der Waals surface area contributed by atoms with Crippen molar-refractivity contribution >= 4 is 11.6 Å². The highest BCUT2D eigenvalue weighted by molar-refractivity contribution is 5.94. The van der Waals surface area contributed by atoms with Gasteiger partial charge in [0.05, 0.1) is 11.0 Å². The van der Waals surface area contributed by atoms with E-state index >= 15 is 0 Å². The zero-order chi connectivity index (χ0) is 12.1. The fraction of sp³-hybridized carbons (Fsp3) is 0.364. The Kier molecular flexibility index (Phi) is 3.99. The first kappa shape index (κ1) is 12.2. The normalized spacial score (nSPS) is 9.88. The van der Waals surface area contributed by atoms with Crippen LogP contribution in [0.3, 0.4) is 0 Å². The number of benzene rings is 1. The van der Waals surface area contributed by atoms with Gasteiger partial charge in [-0.15, -0.1) is 0 Å². The van der Waals surface area contributed by atoms with Crippen LogP contribution in [0.5, 0.6) is 0 Å². The molecule has 0 aliphatic rings. The number of rotatable bonds is 4. The number of nitro groups is 1. The molecule has 1 aromatic carbocycles. The van der Waals surface area contributed by atoms with Gasteiger partial charge in [-0.2, -0.15) is 0 Å². The minimum absolute atomic E-state index is 0.182. The number of nitrogens with zero attached hydrogens (tertiary/aromatic N) is 2. The molecule has 0 aromatic heterocycles. The summed E-state index contributed by atoms with van der Waals surface area (Å²) in [6.07, 6.45) is 0. The summed E-state index contributed by atoms with van der Waals surface area (Å²) >= 11 is 0. The van der Waals surface area contributed by atoms with E-state index in [2.05, 4.69) is 6.07 Å². The molecule has 0 aliphatic heterocycles. The summed E-state index contributed by atoms with van der Waals surface area (Å²) < 4.78 is 0. The zero-order valence-corrected chi connectivity index (χ0v) is 9.27. The second-order valence-corrected chi connectivity index (χ2v) is 3.20. The zero-order valence-electron chi connectivity index (χ0n) is 9.27. The lowest BCUT2D eigenvalue weighted by molar-refractivity contribution is -0.385. The molecule has 1 rings (SSSR count). The van der Waals surface area contributed by atoms with Gasteiger partial charge in [-0.25, -0.2) is 0 Å². The van der Waals surface area contributed by atoms with Crippen LogP contribution in [-0.4, -0.2) is 28.8 Å². The molecule has 1 radical (unpaired) electrons. The average molecular weight is 221 g/mol. The molecule has 0 N–H and O–H groups in total. The van der Waals surface area contributed by atoms with Crippen molar-refractivity contribution in [3.05, 3.63) is 39.9 Å². The van der Waals surface area contributed by atoms with Crippen molar-refractivity contribution in [1.82, 2.24) is 4.90 Å². The van der Waals surface area contributed by atoms with Gasteiger partial charge in [-0.05, 0) is 26.0 Å². The smallest absolute Gasteiger partial charge is 0.278 e. The van der Waals surface area contributed by atoms with Crippen LogP contribution in [0.25, 0.3) is 0 Å². The Balaban J connectivity index is 3.00. The predicted octanol–water partition coefficient (Wildman–Crippen LogP) is 1.88. The molecule has 0 saturated carbocycles. The van der Waals surface area contributed by atoms with Crippen LogP contribution in [0, 0.1) is 16.2 Å². The number of hydrogen-bond donors (Lipinski definition) is 0. The monoisotopic (exact) mass is 221 g/mol. The topological polar surface area (TPSA) is 63.5 Å². The van der Waals surface area contributed by atoms with Gasteiger partial charge in [-0.1, -0.05) is 0 Å². The molecule has 0 atom stereocenters. The van der Waals surface area contributed by atoms with Crippen LogP contribution in [0.2, 0.25) is 0 Å². The maximum absolute atomic E-state index is 11.9. The largest absolute Gasteiger partial charge is 0.339 e. The number of hydrogen-bond acceptors (Lipinski definition) is 3. The van der Waals surface area contributed by atoms with Crippen molar-refractivity contribution in [3.8, 4) is 0 Å². The van der Waals surface area contributed by atoms with Crippen molar-refractivity contribution in [2.45, 2.75) is 13.8 Å². The van der Waals surface area contributed by atoms with Crippen molar-refractivity contribution in [2.75, 3.05) is 13.1 Å². The molecular formula is C11H13N2O3. The second kappa shape index (κ2) is 5.25. The van der Waals surface area contributed by atoms with Crippen LogP contribution in [0.4, 0.5) is 5.69 Å². The van der Waals surface area contributed by atoms with Gasteiger partial charge in [0, 0.05) is 24.7 Å². The fourth-order valence-electron chi connectivity index (χ4n) is 1.39. The summed E-state index contributed by atoms with van der Waals surface area (Å²) in [5, 5.41) is 10.5. The molecule has 1 aromatic rings. The van der Waals surface area contributed by atoms with Gasteiger partial charge in [0.1, 0.15) is 0 Å². The highest BCUT2D eigenvalue weighted by Gasteiger charge is 2.15. The Bertz CT molecular complexity index is 400. The van der Waals surface area contributed by atoms with Gasteiger partial charge in [0.15, 0.2) is 0 Å². The number of nitro benzene ring substituents is 1. The van der Waals surface area contributed by atoms with E-state index in [4.69, 9.17) is 0 Å². The molecule has 16 heavy (non-hydrogen) atoms. The van der Waals surface area contributed by atoms with Crippen LogP contribution in [0.1, 0.15) is 24.2 Å². The Morgan fingerprint density at radius 3 is 2.62 bits per heavy atom. The minimum Gasteiger partial charge on any atom is -0.339 e. The lowest BCUT2D eigenvalue weighted by Gasteiger charge is -2.18. The quantitative estimate of drug-likeness (QED) is 0.576. The molecule has 85 valence electrons. The van der Waals surface area contributed by atoms with Gasteiger partial charge in [0.25, 0.3) is 11.6 Å². The lowest BCUT2D eigenvalue weighted by atomic mass is 10.2. The Morgan fingerprint density at radius 2 is 2.12 bits per heavy atom. The second-order valence-electron chi connectivity index (χ2n) is 3.20. The number of carbonyl (C=O) groups is 1. The van der Waals surface area contributed by atoms with Gasteiger partial charge < -0.3 is 4.90 Å². The van der Waals surface area contributed by atoms with Crippen molar-refractivity contribution in [1.29, 1.82) is 0 Å². The van der Waals surface area contributed by atoms with E-state index in [1.54, 1.807) is 4.90 Å². The van der Waals surface area contributed by atoms with Crippen molar-refractivity contribution < 1.29 is 9.72 Å².